The number of nitrogens with zero attached hydrogens (tertiary/aromatic N) is 1. The average molecular weight is 430 g/mol. The van der Waals surface area contributed by atoms with E-state index < -0.39 is 5.60 Å². The van der Waals surface area contributed by atoms with Crippen molar-refractivity contribution < 1.29 is 9.84 Å². The maximum Gasteiger partial charge on any atom is 0.166 e. The van der Waals surface area contributed by atoms with Gasteiger partial charge >= 0.3 is 0 Å². The SMILES string of the molecule is CCCCOc1cc2c(CCC(C)(C)O)cc(CCCCNC(C)(C)C)cc2nc1N. The van der Waals surface area contributed by atoms with Crippen molar-refractivity contribution in [3.05, 3.63) is 29.3 Å². The monoisotopic (exact) mass is 429 g/mol. The number of rotatable bonds is 12. The van der Waals surface area contributed by atoms with E-state index in [0.717, 1.165) is 56.0 Å². The zero-order valence-electron chi connectivity index (χ0n) is 20.5. The van der Waals surface area contributed by atoms with Gasteiger partial charge < -0.3 is 20.9 Å². The van der Waals surface area contributed by atoms with E-state index in [0.29, 0.717) is 24.6 Å². The fourth-order valence-corrected chi connectivity index (χ4v) is 3.56. The van der Waals surface area contributed by atoms with E-state index in [-0.39, 0.29) is 5.54 Å². The summed E-state index contributed by atoms with van der Waals surface area (Å²) in [5, 5.41) is 14.9. The number of nitrogens with two attached hydrogens (primary N) is 1. The highest BCUT2D eigenvalue weighted by Gasteiger charge is 2.16. The Morgan fingerprint density at radius 3 is 2.42 bits per heavy atom. The van der Waals surface area contributed by atoms with E-state index in [1.807, 2.05) is 19.9 Å². The molecule has 0 fully saturated rings. The van der Waals surface area contributed by atoms with Crippen LogP contribution in [0.2, 0.25) is 0 Å². The molecule has 4 N–H and O–H groups in total. The normalized spacial score (nSPS) is 12.5. The Balaban J connectivity index is 2.23. The second kappa shape index (κ2) is 11.1. The third-order valence-electron chi connectivity index (χ3n) is 5.38. The minimum atomic E-state index is -0.706. The van der Waals surface area contributed by atoms with Crippen LogP contribution in [0, 0.1) is 0 Å². The highest BCUT2D eigenvalue weighted by atomic mass is 16.5. The summed E-state index contributed by atoms with van der Waals surface area (Å²) >= 11 is 0. The first-order chi connectivity index (χ1) is 14.5. The van der Waals surface area contributed by atoms with Crippen molar-refractivity contribution in [2.75, 3.05) is 18.9 Å². The van der Waals surface area contributed by atoms with Gasteiger partial charge in [0.15, 0.2) is 11.6 Å². The molecule has 31 heavy (non-hydrogen) atoms. The van der Waals surface area contributed by atoms with Gasteiger partial charge in [-0.15, -0.1) is 0 Å². The molecule has 0 spiro atoms. The summed E-state index contributed by atoms with van der Waals surface area (Å²) in [5.41, 5.74) is 9.06. The summed E-state index contributed by atoms with van der Waals surface area (Å²) in [4.78, 5) is 4.67. The molecule has 2 rings (SSSR count). The van der Waals surface area contributed by atoms with Crippen molar-refractivity contribution in [3.63, 3.8) is 0 Å². The molecule has 1 heterocycles. The fourth-order valence-electron chi connectivity index (χ4n) is 3.56. The van der Waals surface area contributed by atoms with Gasteiger partial charge in [-0.05, 0) is 103 Å². The van der Waals surface area contributed by atoms with Crippen molar-refractivity contribution in [3.8, 4) is 5.75 Å². The third-order valence-corrected chi connectivity index (χ3v) is 5.38. The molecular weight excluding hydrogens is 386 g/mol. The highest BCUT2D eigenvalue weighted by molar-refractivity contribution is 5.86. The Kier molecular flexibility index (Phi) is 9.14. The average Bonchev–Trinajstić information content (AvgIpc) is 2.65. The second-order valence-corrected chi connectivity index (χ2v) is 10.3. The first-order valence-electron chi connectivity index (χ1n) is 11.8. The minimum Gasteiger partial charge on any atom is -0.490 e. The molecule has 5 heteroatoms. The van der Waals surface area contributed by atoms with Crippen LogP contribution >= 0.6 is 0 Å². The Labute approximate surface area is 188 Å². The molecule has 0 aliphatic carbocycles. The van der Waals surface area contributed by atoms with E-state index in [4.69, 9.17) is 10.5 Å². The number of hydrogen-bond acceptors (Lipinski definition) is 5. The number of aryl methyl sites for hydroxylation is 2. The number of pyridine rings is 1. The van der Waals surface area contributed by atoms with Crippen LogP contribution in [-0.4, -0.2) is 34.4 Å². The largest absolute Gasteiger partial charge is 0.490 e. The molecule has 1 aromatic carbocycles. The Morgan fingerprint density at radius 2 is 1.77 bits per heavy atom. The maximum absolute atomic E-state index is 10.3. The summed E-state index contributed by atoms with van der Waals surface area (Å²) in [6.07, 6.45) is 6.81. The van der Waals surface area contributed by atoms with Crippen LogP contribution in [0.1, 0.15) is 84.8 Å². The molecule has 0 radical (unpaired) electrons. The summed E-state index contributed by atoms with van der Waals surface area (Å²) in [7, 11) is 0. The van der Waals surface area contributed by atoms with E-state index in [2.05, 4.69) is 50.1 Å². The lowest BCUT2D eigenvalue weighted by Crippen LogP contribution is -2.36. The van der Waals surface area contributed by atoms with E-state index in [1.165, 1.54) is 11.1 Å². The van der Waals surface area contributed by atoms with E-state index in [1.54, 1.807) is 0 Å². The number of unbranched alkanes of at least 4 members (excludes halogenated alkanes) is 2. The van der Waals surface area contributed by atoms with E-state index in [9.17, 15) is 5.11 Å². The first kappa shape index (κ1) is 25.4. The van der Waals surface area contributed by atoms with Crippen LogP contribution in [0.3, 0.4) is 0 Å². The Morgan fingerprint density at radius 1 is 1.03 bits per heavy atom. The number of anilines is 1. The van der Waals surface area contributed by atoms with E-state index >= 15 is 0 Å². The van der Waals surface area contributed by atoms with Crippen LogP contribution in [-0.2, 0) is 12.8 Å². The lowest BCUT2D eigenvalue weighted by molar-refractivity contribution is 0.0715. The molecule has 0 atom stereocenters. The third kappa shape index (κ3) is 9.04. The number of aromatic nitrogens is 1. The van der Waals surface area contributed by atoms with Crippen molar-refractivity contribution in [1.82, 2.24) is 10.3 Å². The standard InChI is InChI=1S/C26H43N3O2/c1-7-8-15-31-23-18-21-20(12-13-26(5,6)30)16-19(17-22(21)29-24(23)27)11-9-10-14-28-25(2,3)4/h16-18,28,30H,7-15H2,1-6H3,(H2,27,29). The highest BCUT2D eigenvalue weighted by Crippen LogP contribution is 2.30. The molecule has 174 valence electrons. The number of ether oxygens (including phenoxy) is 1. The number of aliphatic hydroxyl groups is 1. The van der Waals surface area contributed by atoms with Crippen LogP contribution in [0.4, 0.5) is 5.82 Å². The van der Waals surface area contributed by atoms with Gasteiger partial charge in [-0.3, -0.25) is 0 Å². The zero-order valence-corrected chi connectivity index (χ0v) is 20.5. The van der Waals surface area contributed by atoms with Crippen molar-refractivity contribution in [2.24, 2.45) is 0 Å². The molecule has 5 nitrogen and oxygen atoms in total. The van der Waals surface area contributed by atoms with Crippen molar-refractivity contribution in [1.29, 1.82) is 0 Å². The number of hydrogen-bond donors (Lipinski definition) is 3. The molecule has 0 saturated heterocycles. The molecule has 0 aliphatic heterocycles. The summed E-state index contributed by atoms with van der Waals surface area (Å²) < 4.78 is 5.89. The maximum atomic E-state index is 10.3. The minimum absolute atomic E-state index is 0.158. The fraction of sp³-hybridized carbons (Fsp3) is 0.654. The van der Waals surface area contributed by atoms with Gasteiger partial charge in [0, 0.05) is 10.9 Å². The zero-order chi connectivity index (χ0) is 23.1. The van der Waals surface area contributed by atoms with Crippen LogP contribution < -0.4 is 15.8 Å². The van der Waals surface area contributed by atoms with Gasteiger partial charge in [0.05, 0.1) is 17.7 Å². The molecule has 0 unspecified atom stereocenters. The first-order valence-corrected chi connectivity index (χ1v) is 11.8. The molecule has 0 saturated carbocycles. The van der Waals surface area contributed by atoms with Crippen LogP contribution in [0.15, 0.2) is 18.2 Å². The molecule has 0 amide bonds. The van der Waals surface area contributed by atoms with Gasteiger partial charge in [0.25, 0.3) is 0 Å². The van der Waals surface area contributed by atoms with Crippen molar-refractivity contribution >= 4 is 16.7 Å². The second-order valence-electron chi connectivity index (χ2n) is 10.3. The Bertz CT molecular complexity index is 835. The van der Waals surface area contributed by atoms with Gasteiger partial charge in [-0.1, -0.05) is 19.4 Å². The quantitative estimate of drug-likeness (QED) is 0.393. The van der Waals surface area contributed by atoms with Gasteiger partial charge in [0.2, 0.25) is 0 Å². The summed E-state index contributed by atoms with van der Waals surface area (Å²) in [6, 6.07) is 6.47. The number of fused-ring (bicyclic) bond motifs is 1. The molecular formula is C26H43N3O2. The molecule has 0 aliphatic rings. The van der Waals surface area contributed by atoms with Crippen LogP contribution in [0.25, 0.3) is 10.9 Å². The van der Waals surface area contributed by atoms with Gasteiger partial charge in [-0.25, -0.2) is 4.98 Å². The van der Waals surface area contributed by atoms with Crippen LogP contribution in [0.5, 0.6) is 5.75 Å². The lowest BCUT2D eigenvalue weighted by atomic mass is 9.93. The predicted molar refractivity (Wildman–Crippen MR) is 132 cm³/mol. The molecule has 1 aromatic heterocycles. The summed E-state index contributed by atoms with van der Waals surface area (Å²) in [6.45, 7) is 14.1. The molecule has 2 aromatic rings. The predicted octanol–water partition coefficient (Wildman–Crippen LogP) is 5.41. The topological polar surface area (TPSA) is 80.4 Å². The van der Waals surface area contributed by atoms with Gasteiger partial charge in [0.1, 0.15) is 0 Å². The number of nitrogens with one attached hydrogen (secondary N) is 1. The smallest absolute Gasteiger partial charge is 0.166 e. The summed E-state index contributed by atoms with van der Waals surface area (Å²) in [5.74, 6) is 1.11. The Hall–Kier alpha value is -1.85. The molecule has 0 bridgehead atoms. The van der Waals surface area contributed by atoms with Gasteiger partial charge in [-0.2, -0.15) is 0 Å². The van der Waals surface area contributed by atoms with Crippen molar-refractivity contribution in [2.45, 2.75) is 97.6 Å². The number of benzene rings is 1. The lowest BCUT2D eigenvalue weighted by Gasteiger charge is -2.20. The number of nitrogen functional groups attached to an aromatic ring is 1.